The third-order valence-corrected chi connectivity index (χ3v) is 5.63. The van der Waals surface area contributed by atoms with Gasteiger partial charge < -0.3 is 9.73 Å². The van der Waals surface area contributed by atoms with Gasteiger partial charge in [-0.2, -0.15) is 0 Å². The summed E-state index contributed by atoms with van der Waals surface area (Å²) in [5.41, 5.74) is 6.38. The zero-order valence-electron chi connectivity index (χ0n) is 16.8. The van der Waals surface area contributed by atoms with Crippen molar-refractivity contribution in [2.24, 2.45) is 0 Å². The maximum absolute atomic E-state index is 12.9. The average molecular weight is 383 g/mol. The van der Waals surface area contributed by atoms with Gasteiger partial charge in [0.2, 0.25) is 0 Å². The lowest BCUT2D eigenvalue weighted by molar-refractivity contribution is 0.488. The molecule has 0 aliphatic heterocycles. The lowest BCUT2D eigenvalue weighted by Gasteiger charge is -2.19. The second-order valence-corrected chi connectivity index (χ2v) is 8.20. The van der Waals surface area contributed by atoms with Crippen molar-refractivity contribution >= 4 is 28.4 Å². The number of aryl methyl sites for hydroxylation is 3. The number of fused-ring (bicyclic) bond motifs is 1. The van der Waals surface area contributed by atoms with E-state index in [-0.39, 0.29) is 11.5 Å². The maximum atomic E-state index is 12.9. The maximum Gasteiger partial charge on any atom is 0.196 e. The molecule has 0 radical (unpaired) electrons. The normalized spacial score (nSPS) is 12.4. The molecule has 0 aliphatic rings. The van der Waals surface area contributed by atoms with Crippen LogP contribution >= 0.6 is 11.8 Å². The van der Waals surface area contributed by atoms with Gasteiger partial charge in [-0.1, -0.05) is 24.8 Å². The monoisotopic (exact) mass is 382 g/mol. The summed E-state index contributed by atoms with van der Waals surface area (Å²) < 4.78 is 6.22. The summed E-state index contributed by atoms with van der Waals surface area (Å²) in [6.45, 7) is 12.0. The highest BCUT2D eigenvalue weighted by Crippen LogP contribution is 2.32. The van der Waals surface area contributed by atoms with Gasteiger partial charge >= 0.3 is 0 Å². The molecule has 0 saturated heterocycles. The largest absolute Gasteiger partial charge is 0.449 e. The van der Waals surface area contributed by atoms with Crippen LogP contribution in [0.5, 0.6) is 0 Å². The molecule has 1 N–H and O–H groups in total. The highest BCUT2D eigenvalue weighted by molar-refractivity contribution is 7.99. The SMILES string of the molecule is CCSc1oc2c(C(C)Nc3ccc(C)nc3C)cc(C)cc2c(=O)c1C. The molecule has 1 atom stereocenters. The van der Waals surface area contributed by atoms with Gasteiger partial charge in [-0.05, 0) is 64.1 Å². The Kier molecular flexibility index (Phi) is 5.61. The minimum Gasteiger partial charge on any atom is -0.449 e. The molecule has 0 aliphatic carbocycles. The number of hydrogen-bond donors (Lipinski definition) is 1. The van der Waals surface area contributed by atoms with E-state index in [0.717, 1.165) is 34.0 Å². The fraction of sp³-hybridized carbons (Fsp3) is 0.364. The number of nitrogens with zero attached hydrogens (tertiary/aromatic N) is 1. The summed E-state index contributed by atoms with van der Waals surface area (Å²) in [6.07, 6.45) is 0. The molecule has 5 heteroatoms. The predicted molar refractivity (Wildman–Crippen MR) is 114 cm³/mol. The van der Waals surface area contributed by atoms with Crippen LogP contribution in [0.15, 0.2) is 38.6 Å². The Hall–Kier alpha value is -2.27. The molecule has 4 nitrogen and oxygen atoms in total. The minimum atomic E-state index is -0.0269. The highest BCUT2D eigenvalue weighted by Gasteiger charge is 2.18. The number of pyridine rings is 1. The Labute approximate surface area is 164 Å². The first-order valence-electron chi connectivity index (χ1n) is 9.23. The Morgan fingerprint density at radius 2 is 1.93 bits per heavy atom. The standard InChI is InChI=1S/C22H26N2O2S/c1-7-27-22-14(4)20(25)18-11-12(2)10-17(21(18)26-22)15(5)24-19-9-8-13(3)23-16(19)6/h8-11,15,24H,7H2,1-6H3. The fourth-order valence-corrected chi connectivity index (χ4v) is 4.00. The van der Waals surface area contributed by atoms with Crippen molar-refractivity contribution in [1.82, 2.24) is 4.98 Å². The van der Waals surface area contributed by atoms with Crippen LogP contribution in [0.4, 0.5) is 5.69 Å². The molecule has 2 aromatic heterocycles. The van der Waals surface area contributed by atoms with E-state index in [1.165, 1.54) is 0 Å². The summed E-state index contributed by atoms with van der Waals surface area (Å²) in [7, 11) is 0. The number of rotatable bonds is 5. The average Bonchev–Trinajstić information content (AvgIpc) is 2.62. The molecule has 1 unspecified atom stereocenters. The van der Waals surface area contributed by atoms with Gasteiger partial charge in [0.15, 0.2) is 10.5 Å². The molecular weight excluding hydrogens is 356 g/mol. The first-order chi connectivity index (χ1) is 12.8. The topological polar surface area (TPSA) is 55.1 Å². The van der Waals surface area contributed by atoms with Crippen molar-refractivity contribution in [1.29, 1.82) is 0 Å². The van der Waals surface area contributed by atoms with E-state index in [9.17, 15) is 4.79 Å². The van der Waals surface area contributed by atoms with E-state index in [1.807, 2.05) is 45.9 Å². The zero-order chi connectivity index (χ0) is 19.7. The molecule has 0 amide bonds. The Balaban J connectivity index is 2.13. The number of nitrogens with one attached hydrogen (secondary N) is 1. The molecule has 0 spiro atoms. The van der Waals surface area contributed by atoms with Crippen molar-refractivity contribution in [3.63, 3.8) is 0 Å². The van der Waals surface area contributed by atoms with Gasteiger partial charge in [0, 0.05) is 16.8 Å². The van der Waals surface area contributed by atoms with Gasteiger partial charge in [0.05, 0.1) is 22.8 Å². The summed E-state index contributed by atoms with van der Waals surface area (Å²) in [6, 6.07) is 8.03. The first kappa shape index (κ1) is 19.5. The second-order valence-electron chi connectivity index (χ2n) is 6.96. The minimum absolute atomic E-state index is 0.0269. The fourth-order valence-electron chi connectivity index (χ4n) is 3.29. The molecule has 3 rings (SSSR count). The highest BCUT2D eigenvalue weighted by atomic mass is 32.2. The third-order valence-electron chi connectivity index (χ3n) is 4.69. The van der Waals surface area contributed by atoms with Crippen molar-refractivity contribution in [3.05, 3.63) is 62.6 Å². The number of benzene rings is 1. The quantitative estimate of drug-likeness (QED) is 0.573. The number of thioether (sulfide) groups is 1. The smallest absolute Gasteiger partial charge is 0.196 e. The number of anilines is 1. The van der Waals surface area contributed by atoms with Gasteiger partial charge in [-0.15, -0.1) is 0 Å². The van der Waals surface area contributed by atoms with Crippen LogP contribution in [-0.2, 0) is 0 Å². The van der Waals surface area contributed by atoms with Crippen molar-refractivity contribution in [3.8, 4) is 0 Å². The molecule has 142 valence electrons. The van der Waals surface area contributed by atoms with Gasteiger partial charge in [0.1, 0.15) is 5.58 Å². The van der Waals surface area contributed by atoms with E-state index in [0.29, 0.717) is 21.6 Å². The summed E-state index contributed by atoms with van der Waals surface area (Å²) in [4.78, 5) is 17.4. The van der Waals surface area contributed by atoms with E-state index in [2.05, 4.69) is 30.2 Å². The van der Waals surface area contributed by atoms with E-state index in [4.69, 9.17) is 4.42 Å². The van der Waals surface area contributed by atoms with Crippen molar-refractivity contribution < 1.29 is 4.42 Å². The third kappa shape index (κ3) is 3.88. The lowest BCUT2D eigenvalue weighted by Crippen LogP contribution is -2.13. The van der Waals surface area contributed by atoms with Crippen molar-refractivity contribution in [2.75, 3.05) is 11.1 Å². The molecule has 27 heavy (non-hydrogen) atoms. The summed E-state index contributed by atoms with van der Waals surface area (Å²) >= 11 is 1.57. The van der Waals surface area contributed by atoms with Crippen LogP contribution in [0.1, 0.15) is 48.0 Å². The van der Waals surface area contributed by atoms with Crippen LogP contribution < -0.4 is 10.7 Å². The number of aromatic nitrogens is 1. The van der Waals surface area contributed by atoms with Gasteiger partial charge in [-0.3, -0.25) is 9.78 Å². The number of hydrogen-bond acceptors (Lipinski definition) is 5. The summed E-state index contributed by atoms with van der Waals surface area (Å²) in [5, 5.41) is 4.88. The van der Waals surface area contributed by atoms with Crippen molar-refractivity contribution in [2.45, 2.75) is 52.7 Å². The van der Waals surface area contributed by atoms with Gasteiger partial charge in [-0.25, -0.2) is 0 Å². The molecule has 2 heterocycles. The van der Waals surface area contributed by atoms with E-state index >= 15 is 0 Å². The van der Waals surface area contributed by atoms with Crippen LogP contribution in [0.3, 0.4) is 0 Å². The van der Waals surface area contributed by atoms with E-state index in [1.54, 1.807) is 11.8 Å². The predicted octanol–water partition coefficient (Wildman–Crippen LogP) is 5.71. The second kappa shape index (κ2) is 7.77. The Morgan fingerprint density at radius 3 is 2.59 bits per heavy atom. The van der Waals surface area contributed by atoms with E-state index < -0.39 is 0 Å². The first-order valence-corrected chi connectivity index (χ1v) is 10.2. The summed E-state index contributed by atoms with van der Waals surface area (Å²) in [5.74, 6) is 0.860. The van der Waals surface area contributed by atoms with Crippen LogP contribution in [-0.4, -0.2) is 10.7 Å². The van der Waals surface area contributed by atoms with Crippen LogP contribution in [0.2, 0.25) is 0 Å². The molecule has 1 aromatic carbocycles. The Morgan fingerprint density at radius 1 is 1.19 bits per heavy atom. The Bertz CT molecular complexity index is 1060. The van der Waals surface area contributed by atoms with Crippen LogP contribution in [0.25, 0.3) is 11.0 Å². The molecule has 0 saturated carbocycles. The molecule has 0 bridgehead atoms. The molecule has 3 aromatic rings. The zero-order valence-corrected chi connectivity index (χ0v) is 17.6. The lowest BCUT2D eigenvalue weighted by atomic mass is 10.0. The van der Waals surface area contributed by atoms with Crippen LogP contribution in [0, 0.1) is 27.7 Å². The molecule has 0 fully saturated rings. The molecular formula is C22H26N2O2S. The van der Waals surface area contributed by atoms with Gasteiger partial charge in [0.25, 0.3) is 0 Å².